The Bertz CT molecular complexity index is 1090. The van der Waals surface area contributed by atoms with Gasteiger partial charge in [0.2, 0.25) is 0 Å². The van der Waals surface area contributed by atoms with Crippen molar-refractivity contribution < 1.29 is 31.5 Å². The molecular weight excluding hydrogens is 412 g/mol. The number of furan rings is 1. The highest BCUT2D eigenvalue weighted by atomic mass is 19.4. The zero-order valence-electron chi connectivity index (χ0n) is 17.1. The van der Waals surface area contributed by atoms with E-state index >= 15 is 4.39 Å². The van der Waals surface area contributed by atoms with Crippen LogP contribution < -0.4 is 0 Å². The quantitative estimate of drug-likeness (QED) is 0.250. The van der Waals surface area contributed by atoms with Gasteiger partial charge >= 0.3 is 12.1 Å². The van der Waals surface area contributed by atoms with Crippen molar-refractivity contribution >= 4 is 12.0 Å². The fraction of sp³-hybridized carbons (Fsp3) is 0.208. The van der Waals surface area contributed by atoms with Gasteiger partial charge in [-0.15, -0.1) is 0 Å². The van der Waals surface area contributed by atoms with Crippen LogP contribution >= 0.6 is 0 Å². The lowest BCUT2D eigenvalue weighted by Crippen LogP contribution is -2.22. The topological polar surface area (TPSA) is 39.4 Å². The SMILES string of the molecule is CC(C)(C)OC(=O)/C=C/c1c(-c2ccccc2)oc(-c2ccc(C(F)(F)F)cc2)c1F. The smallest absolute Gasteiger partial charge is 0.416 e. The number of alkyl halides is 3. The zero-order valence-corrected chi connectivity index (χ0v) is 17.1. The molecule has 3 aromatic rings. The van der Waals surface area contributed by atoms with E-state index in [9.17, 15) is 18.0 Å². The Labute approximate surface area is 177 Å². The van der Waals surface area contributed by atoms with Gasteiger partial charge in [-0.1, -0.05) is 42.5 Å². The highest BCUT2D eigenvalue weighted by Crippen LogP contribution is 2.38. The average molecular weight is 432 g/mol. The van der Waals surface area contributed by atoms with Gasteiger partial charge in [-0.25, -0.2) is 9.18 Å². The number of hydrogen-bond donors (Lipinski definition) is 0. The molecule has 0 saturated carbocycles. The van der Waals surface area contributed by atoms with Gasteiger partial charge in [-0.2, -0.15) is 13.2 Å². The predicted octanol–water partition coefficient (Wildman–Crippen LogP) is 7.13. The van der Waals surface area contributed by atoms with E-state index in [0.717, 1.165) is 30.3 Å². The largest absolute Gasteiger partial charge is 0.457 e. The minimum Gasteiger partial charge on any atom is -0.457 e. The highest BCUT2D eigenvalue weighted by molar-refractivity contribution is 5.89. The van der Waals surface area contributed by atoms with Crippen molar-refractivity contribution in [1.82, 2.24) is 0 Å². The second kappa shape index (κ2) is 8.41. The first kappa shape index (κ1) is 22.3. The summed E-state index contributed by atoms with van der Waals surface area (Å²) in [6.45, 7) is 5.11. The molecule has 7 heteroatoms. The Hall–Kier alpha value is -3.35. The molecule has 0 spiro atoms. The minimum atomic E-state index is -4.50. The van der Waals surface area contributed by atoms with Gasteiger partial charge in [0.05, 0.1) is 11.1 Å². The van der Waals surface area contributed by atoms with Gasteiger partial charge in [0.25, 0.3) is 0 Å². The minimum absolute atomic E-state index is 0.00745. The molecule has 2 aromatic carbocycles. The fourth-order valence-electron chi connectivity index (χ4n) is 2.86. The molecule has 0 aliphatic rings. The van der Waals surface area contributed by atoms with Gasteiger partial charge in [0.1, 0.15) is 11.4 Å². The van der Waals surface area contributed by atoms with Crippen molar-refractivity contribution in [1.29, 1.82) is 0 Å². The lowest BCUT2D eigenvalue weighted by Gasteiger charge is -2.17. The monoisotopic (exact) mass is 432 g/mol. The molecule has 3 nitrogen and oxygen atoms in total. The van der Waals surface area contributed by atoms with Crippen LogP contribution in [0, 0.1) is 5.82 Å². The third-order valence-electron chi connectivity index (χ3n) is 4.19. The van der Waals surface area contributed by atoms with Gasteiger partial charge < -0.3 is 9.15 Å². The Kier molecular flexibility index (Phi) is 6.06. The molecule has 0 unspecified atom stereocenters. The molecule has 0 aliphatic carbocycles. The molecule has 1 aromatic heterocycles. The maximum atomic E-state index is 15.3. The third-order valence-corrected chi connectivity index (χ3v) is 4.19. The first-order chi connectivity index (χ1) is 14.5. The molecule has 1 heterocycles. The van der Waals surface area contributed by atoms with Crippen molar-refractivity contribution in [2.75, 3.05) is 0 Å². The van der Waals surface area contributed by atoms with Crippen LogP contribution in [0.4, 0.5) is 17.6 Å². The molecule has 162 valence electrons. The summed E-state index contributed by atoms with van der Waals surface area (Å²) in [6, 6.07) is 12.6. The van der Waals surface area contributed by atoms with Crippen LogP contribution in [-0.4, -0.2) is 11.6 Å². The second-order valence-corrected chi connectivity index (χ2v) is 7.80. The number of carbonyl (C=O) groups excluding carboxylic acids is 1. The maximum absolute atomic E-state index is 15.3. The number of halogens is 4. The Morgan fingerprint density at radius 3 is 2.03 bits per heavy atom. The molecule has 0 radical (unpaired) electrons. The molecule has 0 bridgehead atoms. The number of benzene rings is 2. The molecule has 0 fully saturated rings. The van der Waals surface area contributed by atoms with Crippen LogP contribution in [0.3, 0.4) is 0 Å². The molecule has 3 rings (SSSR count). The van der Waals surface area contributed by atoms with Gasteiger partial charge in [-0.05, 0) is 39.0 Å². The van der Waals surface area contributed by atoms with Crippen LogP contribution in [0.15, 0.2) is 65.1 Å². The lowest BCUT2D eigenvalue weighted by molar-refractivity contribution is -0.148. The zero-order chi connectivity index (χ0) is 22.8. The first-order valence-electron chi connectivity index (χ1n) is 9.42. The van der Waals surface area contributed by atoms with Crippen molar-refractivity contribution in [2.45, 2.75) is 32.5 Å². The number of ether oxygens (including phenoxy) is 1. The Morgan fingerprint density at radius 1 is 0.903 bits per heavy atom. The summed E-state index contributed by atoms with van der Waals surface area (Å²) >= 11 is 0. The van der Waals surface area contributed by atoms with E-state index in [1.54, 1.807) is 51.1 Å². The van der Waals surface area contributed by atoms with Gasteiger partial charge in [-0.3, -0.25) is 0 Å². The van der Waals surface area contributed by atoms with Crippen LogP contribution in [0.1, 0.15) is 31.9 Å². The Balaban J connectivity index is 2.06. The van der Waals surface area contributed by atoms with Crippen LogP contribution in [0.5, 0.6) is 0 Å². The first-order valence-corrected chi connectivity index (χ1v) is 9.42. The molecule has 0 N–H and O–H groups in total. The fourth-order valence-corrected chi connectivity index (χ4v) is 2.86. The molecule has 0 atom stereocenters. The molecular formula is C24H20F4O3. The van der Waals surface area contributed by atoms with Crippen LogP contribution in [-0.2, 0) is 15.7 Å². The molecule has 0 aliphatic heterocycles. The van der Waals surface area contributed by atoms with Crippen molar-refractivity contribution in [2.24, 2.45) is 0 Å². The summed E-state index contributed by atoms with van der Waals surface area (Å²) in [4.78, 5) is 12.0. The average Bonchev–Trinajstić information content (AvgIpc) is 3.01. The number of carbonyl (C=O) groups is 1. The third kappa shape index (κ3) is 5.42. The summed E-state index contributed by atoms with van der Waals surface area (Å²) in [7, 11) is 0. The summed E-state index contributed by atoms with van der Waals surface area (Å²) < 4.78 is 64.7. The van der Waals surface area contributed by atoms with E-state index in [2.05, 4.69) is 0 Å². The van der Waals surface area contributed by atoms with Crippen molar-refractivity contribution in [3.8, 4) is 22.6 Å². The molecule has 31 heavy (non-hydrogen) atoms. The van der Waals surface area contributed by atoms with E-state index in [4.69, 9.17) is 9.15 Å². The molecule has 0 amide bonds. The van der Waals surface area contributed by atoms with Crippen LogP contribution in [0.25, 0.3) is 28.7 Å². The number of hydrogen-bond acceptors (Lipinski definition) is 3. The lowest BCUT2D eigenvalue weighted by atomic mass is 10.1. The van der Waals surface area contributed by atoms with Crippen molar-refractivity contribution in [3.63, 3.8) is 0 Å². The predicted molar refractivity (Wildman–Crippen MR) is 109 cm³/mol. The normalized spacial score (nSPS) is 12.4. The number of rotatable bonds is 4. The van der Waals surface area contributed by atoms with E-state index in [-0.39, 0.29) is 22.6 Å². The standard InChI is InChI=1S/C24H20F4O3/c1-23(2,3)31-19(29)14-13-18-20(25)22(30-21(18)15-7-5-4-6-8-15)16-9-11-17(12-10-16)24(26,27)28/h4-14H,1-3H3/b14-13+. The summed E-state index contributed by atoms with van der Waals surface area (Å²) in [5.74, 6) is -1.54. The second-order valence-electron chi connectivity index (χ2n) is 7.80. The summed E-state index contributed by atoms with van der Waals surface area (Å²) in [6.07, 6.45) is -2.18. The number of esters is 1. The van der Waals surface area contributed by atoms with Gasteiger partial charge in [0.15, 0.2) is 11.6 Å². The van der Waals surface area contributed by atoms with Crippen molar-refractivity contribution in [3.05, 3.63) is 77.6 Å². The molecule has 0 saturated heterocycles. The van der Waals surface area contributed by atoms with E-state index in [1.807, 2.05) is 0 Å². The highest BCUT2D eigenvalue weighted by Gasteiger charge is 2.30. The van der Waals surface area contributed by atoms with Gasteiger partial charge in [0, 0.05) is 17.2 Å². The van der Waals surface area contributed by atoms with E-state index < -0.39 is 29.1 Å². The summed E-state index contributed by atoms with van der Waals surface area (Å²) in [5, 5.41) is 0. The Morgan fingerprint density at radius 2 is 1.48 bits per heavy atom. The van der Waals surface area contributed by atoms with E-state index in [1.165, 1.54) is 6.08 Å². The summed E-state index contributed by atoms with van der Waals surface area (Å²) in [5.41, 5.74) is -0.893. The van der Waals surface area contributed by atoms with E-state index in [0.29, 0.717) is 5.56 Å². The van der Waals surface area contributed by atoms with Crippen LogP contribution in [0.2, 0.25) is 0 Å². The maximum Gasteiger partial charge on any atom is 0.416 e.